The van der Waals surface area contributed by atoms with Crippen LogP contribution in [0.5, 0.6) is 5.75 Å². The molecule has 0 heterocycles. The zero-order chi connectivity index (χ0) is 28.2. The Labute approximate surface area is 248 Å². The minimum Gasteiger partial charge on any atom is -0.508 e. The van der Waals surface area contributed by atoms with Crippen molar-refractivity contribution in [1.29, 1.82) is 0 Å². The first-order valence-electron chi connectivity index (χ1n) is 14.1. The molecule has 0 unspecified atom stereocenters. The lowest BCUT2D eigenvalue weighted by molar-refractivity contribution is 0.475. The fourth-order valence-corrected chi connectivity index (χ4v) is 6.67. The average molecular weight is 551 g/mol. The normalized spacial score (nSPS) is 10.8. The third kappa shape index (κ3) is 7.00. The number of phenolic OH excluding ortho intramolecular Hbond substituents is 1. The topological polar surface area (TPSA) is 20.2 Å². The van der Waals surface area contributed by atoms with E-state index in [1.54, 1.807) is 12.1 Å². The van der Waals surface area contributed by atoms with E-state index in [1.165, 1.54) is 44.7 Å². The summed E-state index contributed by atoms with van der Waals surface area (Å²) < 4.78 is 0. The summed E-state index contributed by atoms with van der Waals surface area (Å²) in [4.78, 5) is 0. The molecule has 0 amide bonds. The Morgan fingerprint density at radius 1 is 0.366 bits per heavy atom. The van der Waals surface area contributed by atoms with Gasteiger partial charge in [-0.3, -0.25) is 0 Å². The van der Waals surface area contributed by atoms with Crippen molar-refractivity contribution in [1.82, 2.24) is 0 Å². The fraction of sp³-hybridized carbons (Fsp3) is 0.0526. The summed E-state index contributed by atoms with van der Waals surface area (Å²) in [5, 5.41) is 9.16. The van der Waals surface area contributed by atoms with Gasteiger partial charge in [0, 0.05) is 11.1 Å². The highest BCUT2D eigenvalue weighted by atomic mass is 32.2. The first-order valence-corrected chi connectivity index (χ1v) is 15.4. The highest BCUT2D eigenvalue weighted by Crippen LogP contribution is 2.12. The molecule has 0 spiro atoms. The largest absolute Gasteiger partial charge is 0.508 e. The molecule has 1 nitrogen and oxygen atoms in total. The maximum absolute atomic E-state index is 9.16. The lowest BCUT2D eigenvalue weighted by atomic mass is 9.13. The van der Waals surface area contributed by atoms with E-state index in [-0.39, 0.29) is 0 Å². The van der Waals surface area contributed by atoms with Crippen LogP contribution >= 0.6 is 0 Å². The first-order chi connectivity index (χ1) is 20.3. The van der Waals surface area contributed by atoms with E-state index in [2.05, 4.69) is 146 Å². The smallest absolute Gasteiger partial charge is 0.131 e. The summed E-state index contributed by atoms with van der Waals surface area (Å²) in [6, 6.07) is 61.5. The Balaban J connectivity index is 0.000000182. The third-order valence-corrected chi connectivity index (χ3v) is 8.74. The highest BCUT2D eigenvalue weighted by molar-refractivity contribution is 7.76. The van der Waals surface area contributed by atoms with Crippen LogP contribution in [0.2, 0.25) is 0 Å². The van der Waals surface area contributed by atoms with Gasteiger partial charge in [-0.15, -0.1) is 0 Å². The van der Waals surface area contributed by atoms with Crippen molar-refractivity contribution >= 4 is 39.8 Å². The molecule has 6 aromatic carbocycles. The number of hydrogen-bond donors (Lipinski definition) is 1. The Bertz CT molecular complexity index is 1410. The molecule has 6 rings (SSSR count). The molecule has 0 fully saturated rings. The second-order valence-electron chi connectivity index (χ2n) is 10.2. The molecule has 0 saturated heterocycles. The molecule has 0 radical (unpaired) electrons. The van der Waals surface area contributed by atoms with Crippen LogP contribution in [0, 0.1) is 0 Å². The maximum Gasteiger partial charge on any atom is 0.131 e. The summed E-state index contributed by atoms with van der Waals surface area (Å²) in [6.07, 6.45) is -1.22. The molecule has 0 aliphatic rings. The molecule has 0 aromatic heterocycles. The predicted octanol–water partition coefficient (Wildman–Crippen LogP) is 5.97. The van der Waals surface area contributed by atoms with Gasteiger partial charge in [-0.25, -0.2) is 0 Å². The van der Waals surface area contributed by atoms with Crippen LogP contribution in [0.25, 0.3) is 0 Å². The maximum atomic E-state index is 9.16. The van der Waals surface area contributed by atoms with Crippen molar-refractivity contribution in [2.24, 2.45) is 0 Å². The van der Waals surface area contributed by atoms with Crippen molar-refractivity contribution in [3.63, 3.8) is 0 Å². The number of rotatable bonds is 8. The van der Waals surface area contributed by atoms with Gasteiger partial charge in [0.15, 0.2) is 0 Å². The molecule has 3 heteroatoms. The van der Waals surface area contributed by atoms with Gasteiger partial charge < -0.3 is 5.11 Å². The lowest BCUT2D eigenvalue weighted by Gasteiger charge is -2.44. The van der Waals surface area contributed by atoms with Crippen LogP contribution in [0.15, 0.2) is 176 Å². The number of thiol groups is 1. The second kappa shape index (κ2) is 14.3. The minimum absolute atomic E-state index is 0.337. The quantitative estimate of drug-likeness (QED) is 0.141. The zero-order valence-corrected chi connectivity index (χ0v) is 24.0. The molecule has 41 heavy (non-hydrogen) atoms. The Hall–Kier alpha value is -4.47. The molecule has 202 valence electrons. The van der Waals surface area contributed by atoms with Crippen LogP contribution in [-0.4, -0.2) is 11.3 Å². The van der Waals surface area contributed by atoms with Gasteiger partial charge in [0.1, 0.15) is 23.4 Å². The molecule has 0 bridgehead atoms. The van der Waals surface area contributed by atoms with Gasteiger partial charge in [-0.2, -0.15) is 21.9 Å². The van der Waals surface area contributed by atoms with Crippen molar-refractivity contribution in [3.8, 4) is 5.75 Å². The van der Waals surface area contributed by atoms with Gasteiger partial charge in [0.2, 0.25) is 0 Å². The van der Waals surface area contributed by atoms with Crippen molar-refractivity contribution in [3.05, 3.63) is 187 Å². The standard InChI is InChI=1S/C24H20B.C14H14OS/c1-5-13-21(14-6-1)25(22-15-7-2-8-16-22,23-17-9-3-10-18-23)24-19-11-4-12-20-24;15-14-8-6-13(7-9-14)11-16-10-12-4-2-1-3-5-12/h1-20H;1-9,15H,10-11H2/q-1;/p+1. The monoisotopic (exact) mass is 550 g/mol. The van der Waals surface area contributed by atoms with Gasteiger partial charge in [-0.1, -0.05) is 164 Å². The lowest BCUT2D eigenvalue weighted by Crippen LogP contribution is -2.74. The molecule has 0 atom stereocenters. The van der Waals surface area contributed by atoms with E-state index >= 15 is 0 Å². The Kier molecular flexibility index (Phi) is 9.76. The Morgan fingerprint density at radius 2 is 0.659 bits per heavy atom. The van der Waals surface area contributed by atoms with E-state index in [0.29, 0.717) is 5.75 Å². The molecule has 1 N–H and O–H groups in total. The predicted molar refractivity (Wildman–Crippen MR) is 181 cm³/mol. The van der Waals surface area contributed by atoms with Crippen LogP contribution in [0.1, 0.15) is 11.1 Å². The summed E-state index contributed by atoms with van der Waals surface area (Å²) in [5.74, 6) is 2.46. The molecule has 0 aliphatic heterocycles. The highest BCUT2D eigenvalue weighted by Gasteiger charge is 2.31. The van der Waals surface area contributed by atoms with Gasteiger partial charge in [0.05, 0.1) is 0 Å². The Morgan fingerprint density at radius 3 is 1.00 bits per heavy atom. The summed E-state index contributed by atoms with van der Waals surface area (Å²) >= 11 is 1.39. The molecule has 6 aromatic rings. The van der Waals surface area contributed by atoms with Crippen LogP contribution in [0.4, 0.5) is 0 Å². The number of benzene rings is 6. The molecule has 0 saturated carbocycles. The molecular weight excluding hydrogens is 515 g/mol. The number of hydrogen-bond acceptors (Lipinski definition) is 1. The summed E-state index contributed by atoms with van der Waals surface area (Å²) in [7, 11) is 0. The minimum atomic E-state index is -1.22. The van der Waals surface area contributed by atoms with Crippen molar-refractivity contribution < 1.29 is 5.11 Å². The van der Waals surface area contributed by atoms with Gasteiger partial charge in [-0.05, 0) is 23.9 Å². The number of aromatic hydroxyl groups is 1. The van der Waals surface area contributed by atoms with Gasteiger partial charge in [0.25, 0.3) is 0 Å². The van der Waals surface area contributed by atoms with Crippen molar-refractivity contribution in [2.75, 3.05) is 0 Å². The van der Waals surface area contributed by atoms with Gasteiger partial charge >= 0.3 is 0 Å². The summed E-state index contributed by atoms with van der Waals surface area (Å²) in [6.45, 7) is 0. The average Bonchev–Trinajstić information content (AvgIpc) is 3.05. The van der Waals surface area contributed by atoms with E-state index < -0.39 is 6.15 Å². The van der Waals surface area contributed by atoms with Crippen LogP contribution in [-0.2, 0) is 23.3 Å². The fourth-order valence-electron chi connectivity index (χ4n) is 5.62. The summed E-state index contributed by atoms with van der Waals surface area (Å²) in [5.41, 5.74) is 8.01. The van der Waals surface area contributed by atoms with Crippen molar-refractivity contribution in [2.45, 2.75) is 11.5 Å². The molecular formula is C38H35BOS. The SMILES string of the molecule is Oc1ccc(C[SH+]Cc2ccccc2)cc1.c1ccc([B-](c2ccccc2)(c2ccccc2)c2ccccc2)cc1. The van der Waals surface area contributed by atoms with Crippen LogP contribution in [0.3, 0.4) is 0 Å². The first kappa shape index (κ1) is 28.1. The zero-order valence-electron chi connectivity index (χ0n) is 23.1. The van der Waals surface area contributed by atoms with E-state index in [1.807, 2.05) is 18.2 Å². The van der Waals surface area contributed by atoms with E-state index in [4.69, 9.17) is 5.11 Å². The number of phenols is 1. The third-order valence-electron chi connectivity index (χ3n) is 7.57. The van der Waals surface area contributed by atoms with E-state index in [0.717, 1.165) is 11.5 Å². The van der Waals surface area contributed by atoms with Crippen LogP contribution < -0.4 is 21.9 Å². The van der Waals surface area contributed by atoms with E-state index in [9.17, 15) is 0 Å². The second-order valence-corrected chi connectivity index (χ2v) is 11.3. The molecule has 0 aliphatic carbocycles.